The molecule has 0 aliphatic heterocycles. The maximum Gasteiger partial charge on any atom is 0.0897 e. The SMILES string of the molecule is CCCCCCOCC(O)CNCC1(CO)CC1. The van der Waals surface area contributed by atoms with Crippen LogP contribution in [0.4, 0.5) is 0 Å². The molecule has 4 nitrogen and oxygen atoms in total. The quantitative estimate of drug-likeness (QED) is 0.462. The fraction of sp³-hybridized carbons (Fsp3) is 1.00. The third-order valence-corrected chi connectivity index (χ3v) is 3.62. The van der Waals surface area contributed by atoms with Crippen molar-refractivity contribution in [2.75, 3.05) is 32.9 Å². The standard InChI is InChI=1S/C14H29NO3/c1-2-3-4-5-8-18-10-13(17)9-15-11-14(12-16)6-7-14/h13,15-17H,2-12H2,1H3. The average Bonchev–Trinajstić information content (AvgIpc) is 3.14. The summed E-state index contributed by atoms with van der Waals surface area (Å²) in [6.45, 7) is 4.95. The van der Waals surface area contributed by atoms with Gasteiger partial charge in [0.25, 0.3) is 0 Å². The van der Waals surface area contributed by atoms with Gasteiger partial charge in [-0.15, -0.1) is 0 Å². The van der Waals surface area contributed by atoms with E-state index in [1.54, 1.807) is 0 Å². The van der Waals surface area contributed by atoms with Gasteiger partial charge in [-0.25, -0.2) is 0 Å². The largest absolute Gasteiger partial charge is 0.396 e. The summed E-state index contributed by atoms with van der Waals surface area (Å²) in [5.41, 5.74) is 0.112. The highest BCUT2D eigenvalue weighted by atomic mass is 16.5. The van der Waals surface area contributed by atoms with E-state index in [0.29, 0.717) is 13.2 Å². The van der Waals surface area contributed by atoms with Crippen LogP contribution in [0.5, 0.6) is 0 Å². The van der Waals surface area contributed by atoms with E-state index in [2.05, 4.69) is 12.2 Å². The van der Waals surface area contributed by atoms with Gasteiger partial charge in [0.15, 0.2) is 0 Å². The lowest BCUT2D eigenvalue weighted by Gasteiger charge is -2.16. The monoisotopic (exact) mass is 259 g/mol. The van der Waals surface area contributed by atoms with Crippen molar-refractivity contribution < 1.29 is 14.9 Å². The zero-order chi connectivity index (χ0) is 13.3. The smallest absolute Gasteiger partial charge is 0.0897 e. The number of aliphatic hydroxyl groups excluding tert-OH is 2. The summed E-state index contributed by atoms with van der Waals surface area (Å²) < 4.78 is 5.43. The van der Waals surface area contributed by atoms with E-state index in [0.717, 1.165) is 32.4 Å². The highest BCUT2D eigenvalue weighted by Crippen LogP contribution is 2.44. The molecule has 1 unspecified atom stereocenters. The van der Waals surface area contributed by atoms with Gasteiger partial charge >= 0.3 is 0 Å². The fourth-order valence-corrected chi connectivity index (χ4v) is 1.98. The van der Waals surface area contributed by atoms with E-state index in [4.69, 9.17) is 9.84 Å². The lowest BCUT2D eigenvalue weighted by molar-refractivity contribution is 0.0344. The van der Waals surface area contributed by atoms with Crippen molar-refractivity contribution in [3.05, 3.63) is 0 Å². The molecule has 3 N–H and O–H groups in total. The zero-order valence-electron chi connectivity index (χ0n) is 11.7. The van der Waals surface area contributed by atoms with Crippen LogP contribution in [0.25, 0.3) is 0 Å². The average molecular weight is 259 g/mol. The Morgan fingerprint density at radius 1 is 1.28 bits per heavy atom. The Morgan fingerprint density at radius 3 is 2.67 bits per heavy atom. The van der Waals surface area contributed by atoms with Gasteiger partial charge < -0.3 is 20.3 Å². The molecule has 1 aliphatic carbocycles. The number of rotatable bonds is 12. The second kappa shape index (κ2) is 8.86. The summed E-state index contributed by atoms with van der Waals surface area (Å²) in [6.07, 6.45) is 6.55. The van der Waals surface area contributed by atoms with Crippen LogP contribution in [0.15, 0.2) is 0 Å². The molecule has 18 heavy (non-hydrogen) atoms. The van der Waals surface area contributed by atoms with Crippen LogP contribution >= 0.6 is 0 Å². The van der Waals surface area contributed by atoms with Crippen LogP contribution in [0.1, 0.15) is 45.4 Å². The van der Waals surface area contributed by atoms with Crippen LogP contribution in [-0.2, 0) is 4.74 Å². The fourth-order valence-electron chi connectivity index (χ4n) is 1.98. The van der Waals surface area contributed by atoms with Crippen molar-refractivity contribution in [3.63, 3.8) is 0 Å². The summed E-state index contributed by atoms with van der Waals surface area (Å²) in [5.74, 6) is 0. The number of unbranched alkanes of at least 4 members (excludes halogenated alkanes) is 3. The molecule has 1 saturated carbocycles. The van der Waals surface area contributed by atoms with Crippen molar-refractivity contribution in [3.8, 4) is 0 Å². The first-order chi connectivity index (χ1) is 8.72. The molecule has 4 heteroatoms. The minimum Gasteiger partial charge on any atom is -0.396 e. The summed E-state index contributed by atoms with van der Waals surface area (Å²) >= 11 is 0. The Kier molecular flexibility index (Phi) is 7.82. The molecule has 1 fully saturated rings. The zero-order valence-corrected chi connectivity index (χ0v) is 11.7. The Morgan fingerprint density at radius 2 is 2.06 bits per heavy atom. The first-order valence-corrected chi connectivity index (χ1v) is 7.30. The molecule has 0 heterocycles. The number of hydrogen-bond acceptors (Lipinski definition) is 4. The molecule has 0 aromatic heterocycles. The van der Waals surface area contributed by atoms with Gasteiger partial charge in [0.1, 0.15) is 0 Å². The maximum absolute atomic E-state index is 9.69. The molecule has 108 valence electrons. The van der Waals surface area contributed by atoms with Crippen LogP contribution < -0.4 is 5.32 Å². The third kappa shape index (κ3) is 6.69. The predicted octanol–water partition coefficient (Wildman–Crippen LogP) is 1.31. The summed E-state index contributed by atoms with van der Waals surface area (Å²) in [4.78, 5) is 0. The van der Waals surface area contributed by atoms with E-state index in [-0.39, 0.29) is 12.0 Å². The van der Waals surface area contributed by atoms with Crippen molar-refractivity contribution in [1.29, 1.82) is 0 Å². The van der Waals surface area contributed by atoms with E-state index in [1.807, 2.05) is 0 Å². The molecule has 0 saturated heterocycles. The summed E-state index contributed by atoms with van der Waals surface area (Å²) in [5, 5.41) is 22.0. The summed E-state index contributed by atoms with van der Waals surface area (Å²) in [6, 6.07) is 0. The Hall–Kier alpha value is -0.160. The first-order valence-electron chi connectivity index (χ1n) is 7.30. The van der Waals surface area contributed by atoms with Crippen LogP contribution in [0.2, 0.25) is 0 Å². The van der Waals surface area contributed by atoms with Crippen molar-refractivity contribution >= 4 is 0 Å². The van der Waals surface area contributed by atoms with Crippen LogP contribution in [0, 0.1) is 5.41 Å². The number of ether oxygens (including phenoxy) is 1. The van der Waals surface area contributed by atoms with Crippen molar-refractivity contribution in [2.45, 2.75) is 51.6 Å². The summed E-state index contributed by atoms with van der Waals surface area (Å²) in [7, 11) is 0. The van der Waals surface area contributed by atoms with Gasteiger partial charge in [0.05, 0.1) is 12.7 Å². The van der Waals surface area contributed by atoms with E-state index < -0.39 is 6.10 Å². The highest BCUT2D eigenvalue weighted by Gasteiger charge is 2.41. The van der Waals surface area contributed by atoms with Crippen LogP contribution in [-0.4, -0.2) is 49.2 Å². The molecule has 1 aliphatic rings. The van der Waals surface area contributed by atoms with Gasteiger partial charge in [-0.3, -0.25) is 0 Å². The van der Waals surface area contributed by atoms with E-state index in [9.17, 15) is 5.11 Å². The maximum atomic E-state index is 9.69. The van der Waals surface area contributed by atoms with Crippen molar-refractivity contribution in [1.82, 2.24) is 5.32 Å². The molecule has 0 radical (unpaired) electrons. The third-order valence-electron chi connectivity index (χ3n) is 3.62. The molecule has 0 aromatic rings. The van der Waals surface area contributed by atoms with Gasteiger partial charge in [-0.05, 0) is 19.3 Å². The number of aliphatic hydroxyl groups is 2. The second-order valence-electron chi connectivity index (χ2n) is 5.58. The van der Waals surface area contributed by atoms with E-state index in [1.165, 1.54) is 19.3 Å². The minimum absolute atomic E-state index is 0.112. The molecule has 0 amide bonds. The predicted molar refractivity (Wildman–Crippen MR) is 72.6 cm³/mol. The molecule has 0 spiro atoms. The molecule has 0 aromatic carbocycles. The Balaban J connectivity index is 1.86. The van der Waals surface area contributed by atoms with Crippen LogP contribution in [0.3, 0.4) is 0 Å². The van der Waals surface area contributed by atoms with Gasteiger partial charge in [0, 0.05) is 31.7 Å². The Labute approximate surface area is 111 Å². The minimum atomic E-state index is -0.439. The first kappa shape index (κ1) is 15.9. The normalized spacial score (nSPS) is 18.8. The number of hydrogen-bond donors (Lipinski definition) is 3. The number of nitrogens with one attached hydrogen (secondary N) is 1. The van der Waals surface area contributed by atoms with E-state index >= 15 is 0 Å². The highest BCUT2D eigenvalue weighted by molar-refractivity contribution is 4.94. The molecule has 0 bridgehead atoms. The topological polar surface area (TPSA) is 61.7 Å². The Bertz CT molecular complexity index is 207. The lowest BCUT2D eigenvalue weighted by Crippen LogP contribution is -2.35. The molecule has 1 rings (SSSR count). The molecular formula is C14H29NO3. The van der Waals surface area contributed by atoms with Gasteiger partial charge in [-0.2, -0.15) is 0 Å². The van der Waals surface area contributed by atoms with Gasteiger partial charge in [0.2, 0.25) is 0 Å². The molecule has 1 atom stereocenters. The second-order valence-corrected chi connectivity index (χ2v) is 5.58. The van der Waals surface area contributed by atoms with Crippen molar-refractivity contribution in [2.24, 2.45) is 5.41 Å². The molecular weight excluding hydrogens is 230 g/mol. The van der Waals surface area contributed by atoms with Gasteiger partial charge in [-0.1, -0.05) is 26.2 Å². The lowest BCUT2D eigenvalue weighted by atomic mass is 10.1.